The molecule has 2 heterocycles. The summed E-state index contributed by atoms with van der Waals surface area (Å²) in [4.78, 5) is 10.2. The lowest BCUT2D eigenvalue weighted by Gasteiger charge is -2.16. The summed E-state index contributed by atoms with van der Waals surface area (Å²) in [7, 11) is 1.85. The van der Waals surface area contributed by atoms with Crippen molar-refractivity contribution in [3.05, 3.63) is 57.1 Å². The molecule has 0 N–H and O–H groups in total. The fraction of sp³-hybridized carbons (Fsp3) is 0.312. The standard InChI is InChI=1S/C16H17ClN6O3S/c1-10-6-12(17)4-5-14(10)26-11(2)15-19-20-16(21(15)3)27-9-22-8-13(7-18-22)23(24)25/h4-8,11H,9H2,1-3H3. The van der Waals surface area contributed by atoms with Gasteiger partial charge in [0.15, 0.2) is 17.1 Å². The number of nitro groups is 1. The van der Waals surface area contributed by atoms with Gasteiger partial charge in [-0.3, -0.25) is 14.8 Å². The fourth-order valence-corrected chi connectivity index (χ4v) is 3.44. The zero-order valence-corrected chi connectivity index (χ0v) is 16.4. The van der Waals surface area contributed by atoms with Crippen LogP contribution in [0.25, 0.3) is 0 Å². The van der Waals surface area contributed by atoms with Gasteiger partial charge in [0.1, 0.15) is 18.1 Å². The molecule has 0 aliphatic rings. The first-order valence-corrected chi connectivity index (χ1v) is 9.33. The summed E-state index contributed by atoms with van der Waals surface area (Å²) in [6.07, 6.45) is 2.27. The average Bonchev–Trinajstić information content (AvgIpc) is 3.22. The van der Waals surface area contributed by atoms with Gasteiger partial charge in [0.25, 0.3) is 0 Å². The maximum atomic E-state index is 10.7. The van der Waals surface area contributed by atoms with Crippen molar-refractivity contribution in [2.24, 2.45) is 7.05 Å². The Balaban J connectivity index is 1.67. The van der Waals surface area contributed by atoms with Crippen LogP contribution < -0.4 is 4.74 Å². The lowest BCUT2D eigenvalue weighted by molar-refractivity contribution is -0.385. The quantitative estimate of drug-likeness (QED) is 0.333. The number of hydrogen-bond donors (Lipinski definition) is 0. The van der Waals surface area contributed by atoms with E-state index in [1.165, 1.54) is 28.8 Å². The lowest BCUT2D eigenvalue weighted by Crippen LogP contribution is -2.10. The van der Waals surface area contributed by atoms with Crippen LogP contribution in [0, 0.1) is 17.0 Å². The molecule has 0 saturated heterocycles. The summed E-state index contributed by atoms with van der Waals surface area (Å²) >= 11 is 7.34. The lowest BCUT2D eigenvalue weighted by atomic mass is 10.2. The van der Waals surface area contributed by atoms with Crippen LogP contribution >= 0.6 is 23.4 Å². The van der Waals surface area contributed by atoms with E-state index in [1.807, 2.05) is 37.6 Å². The third-order valence-electron chi connectivity index (χ3n) is 3.83. The summed E-state index contributed by atoms with van der Waals surface area (Å²) in [6, 6.07) is 5.44. The Hall–Kier alpha value is -2.59. The fourth-order valence-electron chi connectivity index (χ4n) is 2.44. The molecule has 0 amide bonds. The minimum Gasteiger partial charge on any atom is -0.482 e. The van der Waals surface area contributed by atoms with Crippen molar-refractivity contribution in [2.45, 2.75) is 31.0 Å². The van der Waals surface area contributed by atoms with Gasteiger partial charge in [0, 0.05) is 12.1 Å². The molecular formula is C16H17ClN6O3S. The predicted molar refractivity (Wildman–Crippen MR) is 101 cm³/mol. The van der Waals surface area contributed by atoms with Gasteiger partial charge in [-0.15, -0.1) is 10.2 Å². The average molecular weight is 409 g/mol. The van der Waals surface area contributed by atoms with Crippen molar-refractivity contribution in [3.8, 4) is 5.75 Å². The van der Waals surface area contributed by atoms with E-state index in [9.17, 15) is 10.1 Å². The Bertz CT molecular complexity index is 973. The maximum Gasteiger partial charge on any atom is 0.307 e. The minimum absolute atomic E-state index is 0.0467. The highest BCUT2D eigenvalue weighted by Crippen LogP contribution is 2.28. The van der Waals surface area contributed by atoms with Gasteiger partial charge in [-0.1, -0.05) is 23.4 Å². The van der Waals surface area contributed by atoms with E-state index < -0.39 is 4.92 Å². The molecule has 1 aromatic carbocycles. The van der Waals surface area contributed by atoms with Crippen LogP contribution in [0.1, 0.15) is 24.4 Å². The molecule has 2 aromatic heterocycles. The van der Waals surface area contributed by atoms with Crippen molar-refractivity contribution in [1.29, 1.82) is 0 Å². The van der Waals surface area contributed by atoms with Crippen LogP contribution in [0.5, 0.6) is 5.75 Å². The molecule has 3 aromatic rings. The summed E-state index contributed by atoms with van der Waals surface area (Å²) < 4.78 is 9.30. The topological polar surface area (TPSA) is 101 Å². The first-order valence-electron chi connectivity index (χ1n) is 7.97. The van der Waals surface area contributed by atoms with Gasteiger partial charge in [-0.05, 0) is 37.6 Å². The van der Waals surface area contributed by atoms with E-state index in [2.05, 4.69) is 15.3 Å². The number of hydrogen-bond acceptors (Lipinski definition) is 7. The highest BCUT2D eigenvalue weighted by molar-refractivity contribution is 7.98. The number of ether oxygens (including phenoxy) is 1. The van der Waals surface area contributed by atoms with Gasteiger partial charge in [-0.2, -0.15) is 5.10 Å². The molecule has 1 unspecified atom stereocenters. The van der Waals surface area contributed by atoms with E-state index in [0.717, 1.165) is 11.3 Å². The second kappa shape index (κ2) is 7.97. The molecule has 0 spiro atoms. The number of benzene rings is 1. The van der Waals surface area contributed by atoms with Crippen LogP contribution in [-0.4, -0.2) is 29.5 Å². The van der Waals surface area contributed by atoms with E-state index in [-0.39, 0.29) is 11.8 Å². The molecular weight excluding hydrogens is 392 g/mol. The van der Waals surface area contributed by atoms with Crippen LogP contribution in [0.2, 0.25) is 5.02 Å². The monoisotopic (exact) mass is 408 g/mol. The van der Waals surface area contributed by atoms with Crippen molar-refractivity contribution in [3.63, 3.8) is 0 Å². The summed E-state index contributed by atoms with van der Waals surface area (Å²) in [6.45, 7) is 3.82. The molecule has 9 nitrogen and oxygen atoms in total. The Kier molecular flexibility index (Phi) is 5.66. The Morgan fingerprint density at radius 3 is 2.85 bits per heavy atom. The number of halogens is 1. The molecule has 0 aliphatic heterocycles. The van der Waals surface area contributed by atoms with E-state index in [1.54, 1.807) is 6.07 Å². The highest BCUT2D eigenvalue weighted by atomic mass is 35.5. The Morgan fingerprint density at radius 1 is 1.41 bits per heavy atom. The number of aromatic nitrogens is 5. The maximum absolute atomic E-state index is 10.7. The SMILES string of the molecule is Cc1cc(Cl)ccc1OC(C)c1nnc(SCn2cc([N+](=O)[O-])cn2)n1C. The van der Waals surface area contributed by atoms with Crippen molar-refractivity contribution >= 4 is 29.1 Å². The molecule has 3 rings (SSSR count). The molecule has 27 heavy (non-hydrogen) atoms. The first-order chi connectivity index (χ1) is 12.8. The second-order valence-corrected chi connectivity index (χ2v) is 7.19. The first kappa shape index (κ1) is 19.2. The third kappa shape index (κ3) is 4.40. The van der Waals surface area contributed by atoms with Crippen LogP contribution in [-0.2, 0) is 12.9 Å². The largest absolute Gasteiger partial charge is 0.482 e. The Morgan fingerprint density at radius 2 is 2.19 bits per heavy atom. The highest BCUT2D eigenvalue weighted by Gasteiger charge is 2.18. The smallest absolute Gasteiger partial charge is 0.307 e. The molecule has 142 valence electrons. The van der Waals surface area contributed by atoms with Crippen LogP contribution in [0.3, 0.4) is 0 Å². The normalized spacial score (nSPS) is 12.1. The van der Waals surface area contributed by atoms with Crippen molar-refractivity contribution in [1.82, 2.24) is 24.5 Å². The zero-order chi connectivity index (χ0) is 19.6. The van der Waals surface area contributed by atoms with Crippen molar-refractivity contribution in [2.75, 3.05) is 0 Å². The van der Waals surface area contributed by atoms with E-state index in [4.69, 9.17) is 16.3 Å². The van der Waals surface area contributed by atoms with E-state index >= 15 is 0 Å². The molecule has 0 aliphatic carbocycles. The number of aryl methyl sites for hydroxylation is 1. The third-order valence-corrected chi connectivity index (χ3v) is 5.07. The van der Waals surface area contributed by atoms with Gasteiger partial charge in [0.05, 0.1) is 10.8 Å². The summed E-state index contributed by atoms with van der Waals surface area (Å²) in [5, 5.41) is 24.4. The number of nitrogens with zero attached hydrogens (tertiary/aromatic N) is 6. The van der Waals surface area contributed by atoms with Crippen LogP contribution in [0.15, 0.2) is 35.7 Å². The van der Waals surface area contributed by atoms with E-state index in [0.29, 0.717) is 21.9 Å². The molecule has 0 saturated carbocycles. The van der Waals surface area contributed by atoms with Crippen LogP contribution in [0.4, 0.5) is 5.69 Å². The molecule has 0 fully saturated rings. The summed E-state index contributed by atoms with van der Waals surface area (Å²) in [5.74, 6) is 1.77. The molecule has 1 atom stereocenters. The van der Waals surface area contributed by atoms with Crippen molar-refractivity contribution < 1.29 is 9.66 Å². The second-order valence-electron chi connectivity index (χ2n) is 5.84. The molecule has 0 bridgehead atoms. The molecule has 0 radical (unpaired) electrons. The molecule has 11 heteroatoms. The number of rotatable bonds is 7. The van der Waals surface area contributed by atoms with Gasteiger partial charge in [-0.25, -0.2) is 0 Å². The Labute approximate surface area is 164 Å². The minimum atomic E-state index is -0.480. The summed E-state index contributed by atoms with van der Waals surface area (Å²) in [5.41, 5.74) is 0.890. The predicted octanol–water partition coefficient (Wildman–Crippen LogP) is 3.77. The van der Waals surface area contributed by atoms with Gasteiger partial charge in [0.2, 0.25) is 0 Å². The van der Waals surface area contributed by atoms with Gasteiger partial charge >= 0.3 is 5.69 Å². The van der Waals surface area contributed by atoms with Gasteiger partial charge < -0.3 is 9.30 Å². The number of thioether (sulfide) groups is 1. The zero-order valence-electron chi connectivity index (χ0n) is 14.9.